The van der Waals surface area contributed by atoms with Gasteiger partial charge in [-0.3, -0.25) is 48.9 Å². The number of piperidine rings is 2. The number of halogens is 1. The van der Waals surface area contributed by atoms with Gasteiger partial charge in [-0.25, -0.2) is 13.4 Å². The second-order valence-electron chi connectivity index (χ2n) is 18.8. The van der Waals surface area contributed by atoms with Crippen LogP contribution in [0.4, 0.5) is 34.5 Å². The SMILES string of the molecule is CCc1cc(Nc2ncc(Cl)c(Nc3ccc4nccnc4c3NS(C)(=O)=O)n2)c(OC)cc1N1CCC(N2CCN(C(=O)CCOCCNC(=O)COc3cccc4c3CN([C@@H]3CCC(=O)NC3=O)C4=O)CC2)CC1. The summed E-state index contributed by atoms with van der Waals surface area (Å²) in [6.07, 6.45) is 8.84. The normalized spacial score (nSPS) is 17.3. The van der Waals surface area contributed by atoms with Crippen LogP contribution < -0.4 is 40.4 Å². The molecule has 76 heavy (non-hydrogen) atoms. The van der Waals surface area contributed by atoms with Crippen molar-refractivity contribution in [3.63, 3.8) is 0 Å². The number of nitrogens with zero attached hydrogens (tertiary/aromatic N) is 8. The quantitative estimate of drug-likeness (QED) is 0.0545. The number of carbonyl (C=O) groups is 5. The van der Waals surface area contributed by atoms with Crippen molar-refractivity contribution in [2.24, 2.45) is 0 Å². The molecule has 0 saturated carbocycles. The average molecular weight is 1080 g/mol. The average Bonchev–Trinajstić information content (AvgIpc) is 3.76. The molecule has 4 aliphatic rings. The van der Waals surface area contributed by atoms with Crippen LogP contribution in [-0.4, -0.2) is 164 Å². The van der Waals surface area contributed by atoms with Crippen molar-refractivity contribution in [1.82, 2.24) is 45.3 Å². The van der Waals surface area contributed by atoms with E-state index in [4.69, 9.17) is 25.8 Å². The van der Waals surface area contributed by atoms with E-state index in [-0.39, 0.29) is 98.3 Å². The van der Waals surface area contributed by atoms with Gasteiger partial charge in [0.25, 0.3) is 11.8 Å². The topological polar surface area (TPSA) is 272 Å². The number of methoxy groups -OCH3 is 1. The zero-order valence-corrected chi connectivity index (χ0v) is 44.0. The van der Waals surface area contributed by atoms with Crippen LogP contribution in [0.25, 0.3) is 11.0 Å². The number of amides is 5. The van der Waals surface area contributed by atoms with Gasteiger partial charge in [0.15, 0.2) is 12.4 Å². The number of nitrogens with one attached hydrogen (secondary N) is 5. The maximum absolute atomic E-state index is 13.1. The highest BCUT2D eigenvalue weighted by Crippen LogP contribution is 2.39. The van der Waals surface area contributed by atoms with Crippen molar-refractivity contribution in [2.75, 3.05) is 99.3 Å². The molecular weight excluding hydrogens is 1020 g/mol. The molecule has 0 radical (unpaired) electrons. The molecule has 4 aliphatic heterocycles. The molecule has 0 unspecified atom stereocenters. The monoisotopic (exact) mass is 1080 g/mol. The van der Waals surface area contributed by atoms with Gasteiger partial charge in [0.1, 0.15) is 28.1 Å². The fourth-order valence-electron chi connectivity index (χ4n) is 10.0. The van der Waals surface area contributed by atoms with Crippen molar-refractivity contribution in [3.8, 4) is 11.5 Å². The van der Waals surface area contributed by atoms with Crippen molar-refractivity contribution >= 4 is 96.7 Å². The molecule has 25 heteroatoms. The smallest absolute Gasteiger partial charge is 0.258 e. The minimum absolute atomic E-state index is 0.0328. The minimum Gasteiger partial charge on any atom is -0.494 e. The van der Waals surface area contributed by atoms with Gasteiger partial charge in [-0.2, -0.15) is 4.98 Å². The molecule has 23 nitrogen and oxygen atoms in total. The summed E-state index contributed by atoms with van der Waals surface area (Å²) in [7, 11) is -2.08. The van der Waals surface area contributed by atoms with Gasteiger partial charge in [-0.15, -0.1) is 0 Å². The number of ether oxygens (including phenoxy) is 3. The van der Waals surface area contributed by atoms with E-state index >= 15 is 0 Å². The van der Waals surface area contributed by atoms with Gasteiger partial charge >= 0.3 is 0 Å². The lowest BCUT2D eigenvalue weighted by Crippen LogP contribution is -2.54. The third-order valence-electron chi connectivity index (χ3n) is 13.9. The molecule has 0 spiro atoms. The molecule has 3 aromatic carbocycles. The van der Waals surface area contributed by atoms with Crippen molar-refractivity contribution in [2.45, 2.75) is 64.1 Å². The number of fused-ring (bicyclic) bond motifs is 2. The lowest BCUT2D eigenvalue weighted by atomic mass is 9.99. The number of piperazine rings is 1. The van der Waals surface area contributed by atoms with Gasteiger partial charge in [0.2, 0.25) is 33.7 Å². The summed E-state index contributed by atoms with van der Waals surface area (Å²) >= 11 is 6.57. The Bertz CT molecular complexity index is 3140. The van der Waals surface area contributed by atoms with Crippen LogP contribution in [0.1, 0.15) is 60.5 Å². The number of hydrogen-bond acceptors (Lipinski definition) is 18. The predicted molar refractivity (Wildman–Crippen MR) is 284 cm³/mol. The first-order chi connectivity index (χ1) is 36.7. The number of benzene rings is 3. The summed E-state index contributed by atoms with van der Waals surface area (Å²) in [6.45, 7) is 7.20. The van der Waals surface area contributed by atoms with Crippen LogP contribution >= 0.6 is 11.6 Å². The summed E-state index contributed by atoms with van der Waals surface area (Å²) in [5.74, 6) is -0.0935. The van der Waals surface area contributed by atoms with E-state index in [1.165, 1.54) is 23.5 Å². The molecule has 5 amide bonds. The Morgan fingerprint density at radius 3 is 2.45 bits per heavy atom. The standard InChI is InChI=1S/C51H60ClN13O10S/c1-4-31-26-38(58-51-56-28-35(52)48(60-51)57-37-9-8-36-46(55-16-15-53-36)47(37)61-76(3,71)72)42(73-2)27-40(31)63-18-12-32(13-19-63)62-20-22-64(23-21-62)45(68)14-24-74-25-17-54-44(67)30-75-41-7-5-6-33-34(41)29-65(50(33)70)39-10-11-43(66)59-49(39)69/h5-9,15-16,26-28,32,39,61H,4,10-14,17-25,29-30H2,1-3H3,(H,54,67)(H,59,66,69)(H2,56,57,58,60)/t39-/m1/s1. The lowest BCUT2D eigenvalue weighted by Gasteiger charge is -2.43. The Morgan fingerprint density at radius 1 is 0.908 bits per heavy atom. The highest BCUT2D eigenvalue weighted by Gasteiger charge is 2.40. The van der Waals surface area contributed by atoms with E-state index in [0.29, 0.717) is 64.2 Å². The summed E-state index contributed by atoms with van der Waals surface area (Å²) < 4.78 is 44.6. The van der Waals surface area contributed by atoms with E-state index in [2.05, 4.69) is 62.6 Å². The van der Waals surface area contributed by atoms with Crippen molar-refractivity contribution in [1.29, 1.82) is 0 Å². The number of aryl methyl sites for hydroxylation is 1. The first-order valence-electron chi connectivity index (χ1n) is 25.2. The minimum atomic E-state index is -3.69. The highest BCUT2D eigenvalue weighted by molar-refractivity contribution is 7.92. The molecule has 6 heterocycles. The Kier molecular flexibility index (Phi) is 16.6. The number of aromatic nitrogens is 4. The van der Waals surface area contributed by atoms with E-state index < -0.39 is 22.0 Å². The molecule has 5 N–H and O–H groups in total. The fourth-order valence-corrected chi connectivity index (χ4v) is 10.7. The van der Waals surface area contributed by atoms with Crippen LogP contribution in [0.5, 0.6) is 11.5 Å². The van der Waals surface area contributed by atoms with Crippen molar-refractivity contribution < 1.29 is 46.6 Å². The van der Waals surface area contributed by atoms with E-state index in [9.17, 15) is 32.4 Å². The molecule has 3 fully saturated rings. The second-order valence-corrected chi connectivity index (χ2v) is 20.9. The molecule has 5 aromatic rings. The van der Waals surface area contributed by atoms with E-state index in [1.807, 2.05) is 17.0 Å². The number of rotatable bonds is 20. The third-order valence-corrected chi connectivity index (χ3v) is 14.7. The van der Waals surface area contributed by atoms with Crippen LogP contribution in [0.3, 0.4) is 0 Å². The van der Waals surface area contributed by atoms with Gasteiger partial charge in [0.05, 0.1) is 68.3 Å². The third kappa shape index (κ3) is 12.5. The Balaban J connectivity index is 0.694. The van der Waals surface area contributed by atoms with E-state index in [1.54, 1.807) is 37.4 Å². The lowest BCUT2D eigenvalue weighted by molar-refractivity contribution is -0.137. The van der Waals surface area contributed by atoms with Crippen LogP contribution in [0.2, 0.25) is 5.02 Å². The summed E-state index contributed by atoms with van der Waals surface area (Å²) in [4.78, 5) is 88.8. The molecule has 402 valence electrons. The summed E-state index contributed by atoms with van der Waals surface area (Å²) in [5, 5.41) is 11.7. The molecule has 0 bridgehead atoms. The number of hydrogen-bond donors (Lipinski definition) is 5. The molecule has 1 atom stereocenters. The molecule has 2 aromatic heterocycles. The summed E-state index contributed by atoms with van der Waals surface area (Å²) in [5.41, 5.74) is 5.26. The van der Waals surface area contributed by atoms with Crippen LogP contribution in [0.15, 0.2) is 61.1 Å². The Morgan fingerprint density at radius 2 is 1.70 bits per heavy atom. The molecule has 0 aliphatic carbocycles. The number of anilines is 6. The van der Waals surface area contributed by atoms with Crippen molar-refractivity contribution in [3.05, 3.63) is 82.8 Å². The van der Waals surface area contributed by atoms with Gasteiger partial charge in [-0.1, -0.05) is 24.6 Å². The first kappa shape index (κ1) is 53.4. The van der Waals surface area contributed by atoms with Gasteiger partial charge in [0, 0.05) is 93.6 Å². The molecular formula is C51H60ClN13O10S. The largest absolute Gasteiger partial charge is 0.494 e. The second kappa shape index (κ2) is 23.6. The van der Waals surface area contributed by atoms with Crippen LogP contribution in [0, 0.1) is 0 Å². The molecule has 3 saturated heterocycles. The zero-order valence-electron chi connectivity index (χ0n) is 42.4. The van der Waals surface area contributed by atoms with Gasteiger partial charge < -0.3 is 44.9 Å². The van der Waals surface area contributed by atoms with Gasteiger partial charge in [-0.05, 0) is 61.6 Å². The first-order valence-corrected chi connectivity index (χ1v) is 27.4. The summed E-state index contributed by atoms with van der Waals surface area (Å²) in [6, 6.07) is 12.1. The number of sulfonamides is 1. The number of carbonyl (C=O) groups excluding carboxylic acids is 5. The maximum atomic E-state index is 13.1. The maximum Gasteiger partial charge on any atom is 0.258 e. The van der Waals surface area contributed by atoms with Crippen LogP contribution in [-0.2, 0) is 46.9 Å². The highest BCUT2D eigenvalue weighted by atomic mass is 35.5. The fraction of sp³-hybridized carbons (Fsp3) is 0.431. The predicted octanol–water partition coefficient (Wildman–Crippen LogP) is 3.98. The van der Waals surface area contributed by atoms with E-state index in [0.717, 1.165) is 62.9 Å². The Hall–Kier alpha value is -7.41. The zero-order chi connectivity index (χ0) is 53.5. The number of imide groups is 1. The molecule has 9 rings (SSSR count). The Labute approximate surface area is 444 Å².